The van der Waals surface area contributed by atoms with Crippen molar-refractivity contribution in [2.75, 3.05) is 0 Å². The van der Waals surface area contributed by atoms with Gasteiger partial charge in [-0.15, -0.1) is 0 Å². The average Bonchev–Trinajstić information content (AvgIpc) is 1.88. The van der Waals surface area contributed by atoms with Gasteiger partial charge in [-0.2, -0.15) is 0 Å². The maximum atomic E-state index is 10.3. The van der Waals surface area contributed by atoms with Crippen molar-refractivity contribution in [3.63, 3.8) is 0 Å². The summed E-state index contributed by atoms with van der Waals surface area (Å²) in [5.74, 6) is -1.18. The van der Waals surface area contributed by atoms with Gasteiger partial charge in [0.15, 0.2) is 0 Å². The van der Waals surface area contributed by atoms with Gasteiger partial charge in [0.2, 0.25) is 0 Å². The summed E-state index contributed by atoms with van der Waals surface area (Å²) in [6.45, 7) is 1.63. The highest BCUT2D eigenvalue weighted by Crippen LogP contribution is 2.00. The molecule has 0 aliphatic carbocycles. The minimum absolute atomic E-state index is 0.155. The third kappa shape index (κ3) is 1.13. The van der Waals surface area contributed by atoms with Crippen molar-refractivity contribution in [1.82, 2.24) is 4.98 Å². The molecule has 0 atom stereocenters. The molecule has 0 aromatic carbocycles. The third-order valence-corrected chi connectivity index (χ3v) is 1.23. The third-order valence-electron chi connectivity index (χ3n) is 1.23. The van der Waals surface area contributed by atoms with Crippen molar-refractivity contribution in [3.05, 3.63) is 29.6 Å². The monoisotopic (exact) mass is 136 g/mol. The summed E-state index contributed by atoms with van der Waals surface area (Å²) in [5.41, 5.74) is 0.644. The van der Waals surface area contributed by atoms with Gasteiger partial charge in [0.25, 0.3) is 0 Å². The average molecular weight is 136 g/mol. The van der Waals surface area contributed by atoms with Crippen molar-refractivity contribution in [2.45, 2.75) is 6.92 Å². The zero-order valence-corrected chi connectivity index (χ0v) is 5.50. The molecule has 0 fully saturated rings. The summed E-state index contributed by atoms with van der Waals surface area (Å²) in [4.78, 5) is 14.1. The van der Waals surface area contributed by atoms with Crippen LogP contribution in [0.1, 0.15) is 16.1 Å². The van der Waals surface area contributed by atoms with Gasteiger partial charge < -0.3 is 9.90 Å². The highest BCUT2D eigenvalue weighted by atomic mass is 16.4. The molecule has 1 heterocycles. The lowest BCUT2D eigenvalue weighted by Gasteiger charge is -2.02. The Bertz CT molecular complexity index is 258. The maximum Gasteiger partial charge on any atom is 0.0733 e. The number of rotatable bonds is 1. The Balaban J connectivity index is 3.15. The van der Waals surface area contributed by atoms with E-state index < -0.39 is 5.97 Å². The molecule has 0 bridgehead atoms. The standard InChI is InChI=1S/C7H7NO2/c1-5-6(7(9)10)3-2-4-8-5/h2-4H,1H3,(H,9,10)/p-1. The fraction of sp³-hybridized carbons (Fsp3) is 0.143. The molecule has 0 aliphatic heterocycles. The molecule has 0 spiro atoms. The summed E-state index contributed by atoms with van der Waals surface area (Å²) in [6, 6.07) is 3.04. The Morgan fingerprint density at radius 1 is 1.70 bits per heavy atom. The number of hydrogen-bond acceptors (Lipinski definition) is 3. The largest absolute Gasteiger partial charge is 0.545 e. The number of carbonyl (C=O) groups excluding carboxylic acids is 1. The van der Waals surface area contributed by atoms with Crippen LogP contribution in [0, 0.1) is 6.92 Å². The fourth-order valence-corrected chi connectivity index (χ4v) is 0.700. The van der Waals surface area contributed by atoms with Gasteiger partial charge in [0.05, 0.1) is 5.97 Å². The van der Waals surface area contributed by atoms with Crippen LogP contribution in [0.25, 0.3) is 0 Å². The van der Waals surface area contributed by atoms with E-state index in [0.717, 1.165) is 0 Å². The number of carboxylic acid groups (broad SMARTS) is 1. The number of nitrogens with zero attached hydrogens (tertiary/aromatic N) is 1. The molecule has 3 nitrogen and oxygen atoms in total. The van der Waals surface area contributed by atoms with Crippen LogP contribution < -0.4 is 5.11 Å². The summed E-state index contributed by atoms with van der Waals surface area (Å²) in [7, 11) is 0. The highest BCUT2D eigenvalue weighted by Gasteiger charge is 1.95. The zero-order chi connectivity index (χ0) is 7.56. The first kappa shape index (κ1) is 6.74. The van der Waals surface area contributed by atoms with Crippen LogP contribution >= 0.6 is 0 Å². The van der Waals surface area contributed by atoms with Gasteiger partial charge in [-0.25, -0.2) is 0 Å². The Morgan fingerprint density at radius 2 is 2.40 bits per heavy atom. The number of carbonyl (C=O) groups is 1. The van der Waals surface area contributed by atoms with Gasteiger partial charge in [-0.05, 0) is 19.1 Å². The smallest absolute Gasteiger partial charge is 0.0733 e. The molecule has 1 aromatic rings. The summed E-state index contributed by atoms with van der Waals surface area (Å²) in [5, 5.41) is 10.3. The lowest BCUT2D eigenvalue weighted by Crippen LogP contribution is -2.23. The van der Waals surface area contributed by atoms with Crippen molar-refractivity contribution >= 4 is 5.97 Å². The minimum Gasteiger partial charge on any atom is -0.545 e. The van der Waals surface area contributed by atoms with Crippen LogP contribution in [0.5, 0.6) is 0 Å². The van der Waals surface area contributed by atoms with E-state index in [0.29, 0.717) is 5.69 Å². The molecule has 3 heteroatoms. The number of pyridine rings is 1. The molecule has 0 aliphatic rings. The summed E-state index contributed by atoms with van der Waals surface area (Å²) >= 11 is 0. The van der Waals surface area contributed by atoms with E-state index in [2.05, 4.69) is 4.98 Å². The molecule has 0 N–H and O–H groups in total. The number of aromatic carboxylic acids is 1. The minimum atomic E-state index is -1.18. The second kappa shape index (κ2) is 2.47. The van der Waals surface area contributed by atoms with Crippen LogP contribution in [0.3, 0.4) is 0 Å². The molecular weight excluding hydrogens is 130 g/mol. The second-order valence-electron chi connectivity index (χ2n) is 1.92. The van der Waals surface area contributed by atoms with Crippen LogP contribution in [-0.4, -0.2) is 11.0 Å². The van der Waals surface area contributed by atoms with E-state index >= 15 is 0 Å². The van der Waals surface area contributed by atoms with Crippen LogP contribution in [0.4, 0.5) is 0 Å². The molecule has 0 saturated carbocycles. The molecule has 52 valence electrons. The second-order valence-corrected chi connectivity index (χ2v) is 1.92. The van der Waals surface area contributed by atoms with E-state index in [9.17, 15) is 9.90 Å². The van der Waals surface area contributed by atoms with Crippen molar-refractivity contribution in [3.8, 4) is 0 Å². The van der Waals surface area contributed by atoms with E-state index in [1.165, 1.54) is 6.07 Å². The lowest BCUT2D eigenvalue weighted by molar-refractivity contribution is -0.255. The predicted octanol–water partition coefficient (Wildman–Crippen LogP) is -0.246. The molecular formula is C7H6NO2-. The maximum absolute atomic E-state index is 10.3. The Kier molecular flexibility index (Phi) is 1.67. The zero-order valence-electron chi connectivity index (χ0n) is 5.50. The quantitative estimate of drug-likeness (QED) is 0.535. The molecule has 0 unspecified atom stereocenters. The molecule has 1 aromatic heterocycles. The van der Waals surface area contributed by atoms with Gasteiger partial charge >= 0.3 is 0 Å². The van der Waals surface area contributed by atoms with Crippen LogP contribution in [0.2, 0.25) is 0 Å². The Hall–Kier alpha value is -1.38. The van der Waals surface area contributed by atoms with Gasteiger partial charge in [0, 0.05) is 17.5 Å². The van der Waals surface area contributed by atoms with Crippen LogP contribution in [-0.2, 0) is 0 Å². The number of carboxylic acids is 1. The first-order valence-corrected chi connectivity index (χ1v) is 2.85. The van der Waals surface area contributed by atoms with E-state index in [4.69, 9.17) is 0 Å². The van der Waals surface area contributed by atoms with Crippen molar-refractivity contribution < 1.29 is 9.90 Å². The fourth-order valence-electron chi connectivity index (χ4n) is 0.700. The number of hydrogen-bond donors (Lipinski definition) is 0. The highest BCUT2D eigenvalue weighted by molar-refractivity contribution is 5.86. The lowest BCUT2D eigenvalue weighted by atomic mass is 10.2. The normalized spacial score (nSPS) is 9.30. The van der Waals surface area contributed by atoms with E-state index in [1.54, 1.807) is 19.2 Å². The van der Waals surface area contributed by atoms with Crippen molar-refractivity contribution in [2.24, 2.45) is 0 Å². The van der Waals surface area contributed by atoms with Crippen molar-refractivity contribution in [1.29, 1.82) is 0 Å². The Labute approximate surface area is 58.3 Å². The van der Waals surface area contributed by atoms with Crippen LogP contribution in [0.15, 0.2) is 18.3 Å². The molecule has 0 radical (unpaired) electrons. The first-order chi connectivity index (χ1) is 4.72. The van der Waals surface area contributed by atoms with Gasteiger partial charge in [-0.1, -0.05) is 0 Å². The van der Waals surface area contributed by atoms with E-state index in [1.807, 2.05) is 0 Å². The molecule has 0 saturated heterocycles. The summed E-state index contributed by atoms with van der Waals surface area (Å²) in [6.07, 6.45) is 1.54. The summed E-state index contributed by atoms with van der Waals surface area (Å²) < 4.78 is 0. The molecule has 1 rings (SSSR count). The van der Waals surface area contributed by atoms with Gasteiger partial charge in [0.1, 0.15) is 0 Å². The van der Waals surface area contributed by atoms with Gasteiger partial charge in [-0.3, -0.25) is 4.98 Å². The van der Waals surface area contributed by atoms with E-state index in [-0.39, 0.29) is 5.56 Å². The predicted molar refractivity (Wildman–Crippen MR) is 33.3 cm³/mol. The molecule has 10 heavy (non-hydrogen) atoms. The number of aromatic nitrogens is 1. The molecule has 0 amide bonds. The number of aryl methyl sites for hydroxylation is 1. The Morgan fingerprint density at radius 3 is 2.80 bits per heavy atom. The first-order valence-electron chi connectivity index (χ1n) is 2.85. The topological polar surface area (TPSA) is 53.0 Å². The SMILES string of the molecule is Cc1ncccc1C(=O)[O-].